The summed E-state index contributed by atoms with van der Waals surface area (Å²) in [5.41, 5.74) is 3.46. The summed E-state index contributed by atoms with van der Waals surface area (Å²) in [5, 5.41) is 3.91. The van der Waals surface area contributed by atoms with Crippen LogP contribution >= 0.6 is 7.92 Å². The Hall–Kier alpha value is -2.45. The lowest BCUT2D eigenvalue weighted by atomic mass is 10.1. The molecule has 0 fully saturated rings. The van der Waals surface area contributed by atoms with E-state index in [9.17, 15) is 0 Å². The van der Waals surface area contributed by atoms with Crippen LogP contribution in [0.3, 0.4) is 0 Å². The fraction of sp³-hybridized carbons (Fsp3) is 0.231. The second-order valence-corrected chi connectivity index (χ2v) is 9.27. The molecule has 0 aliphatic heterocycles. The molecule has 0 unspecified atom stereocenters. The molecule has 0 amide bonds. The van der Waals surface area contributed by atoms with Gasteiger partial charge in [-0.2, -0.15) is 0 Å². The molecular weight excluding hydrogens is 389 g/mol. The molecule has 154 valence electrons. The maximum atomic E-state index is 6.03. The molecule has 1 N–H and O–H groups in total. The fourth-order valence-corrected chi connectivity index (χ4v) is 6.13. The Kier molecular flexibility index (Phi) is 6.96. The maximum Gasteiger partial charge on any atom is 0.186 e. The Labute approximate surface area is 179 Å². The van der Waals surface area contributed by atoms with E-state index in [1.165, 1.54) is 21.7 Å². The molecule has 30 heavy (non-hydrogen) atoms. The Balaban J connectivity index is 1.82. The van der Waals surface area contributed by atoms with Crippen molar-refractivity contribution in [2.75, 3.05) is 13.2 Å². The minimum absolute atomic E-state index is 0.366. The van der Waals surface area contributed by atoms with Crippen molar-refractivity contribution in [3.63, 3.8) is 0 Å². The standard InChI is InChI=1S/C26H28NO2P/c1-3-28-26(29-4-2)25-22-17-11-12-18-23(22)27-24(25)19-30(20-13-7-5-8-14-20)21-15-9-6-10-16-21/h5-18,26-27H,3-4,19H2,1-2H3. The molecular formula is C26H28NO2P. The number of rotatable bonds is 9. The number of aromatic amines is 1. The Morgan fingerprint density at radius 2 is 1.27 bits per heavy atom. The molecule has 4 aromatic rings. The molecule has 3 aromatic carbocycles. The highest BCUT2D eigenvalue weighted by atomic mass is 31.1. The zero-order chi connectivity index (χ0) is 20.8. The van der Waals surface area contributed by atoms with Crippen LogP contribution in [0.25, 0.3) is 10.9 Å². The van der Waals surface area contributed by atoms with Gasteiger partial charge in [-0.1, -0.05) is 78.9 Å². The van der Waals surface area contributed by atoms with Crippen LogP contribution in [-0.2, 0) is 15.6 Å². The third-order valence-corrected chi connectivity index (χ3v) is 7.63. The van der Waals surface area contributed by atoms with Crippen LogP contribution < -0.4 is 10.6 Å². The highest BCUT2D eigenvalue weighted by Gasteiger charge is 2.24. The molecule has 0 aliphatic carbocycles. The molecule has 4 rings (SSSR count). The summed E-state index contributed by atoms with van der Waals surface area (Å²) in [7, 11) is -0.566. The lowest BCUT2D eigenvalue weighted by Gasteiger charge is -2.22. The molecule has 0 radical (unpaired) electrons. The largest absolute Gasteiger partial charge is 0.358 e. The van der Waals surface area contributed by atoms with Gasteiger partial charge in [0, 0.05) is 41.5 Å². The van der Waals surface area contributed by atoms with E-state index in [4.69, 9.17) is 9.47 Å². The Morgan fingerprint density at radius 1 is 0.733 bits per heavy atom. The van der Waals surface area contributed by atoms with Gasteiger partial charge in [0.05, 0.1) is 0 Å². The molecule has 0 saturated carbocycles. The van der Waals surface area contributed by atoms with Crippen LogP contribution in [0, 0.1) is 0 Å². The molecule has 0 spiro atoms. The quantitative estimate of drug-likeness (QED) is 0.273. The summed E-state index contributed by atoms with van der Waals surface area (Å²) in [4.78, 5) is 3.69. The van der Waals surface area contributed by atoms with Crippen LogP contribution in [0.5, 0.6) is 0 Å². The first-order valence-electron chi connectivity index (χ1n) is 10.5. The van der Waals surface area contributed by atoms with Gasteiger partial charge in [0.25, 0.3) is 0 Å². The number of hydrogen-bond donors (Lipinski definition) is 1. The first kappa shape index (κ1) is 20.8. The van der Waals surface area contributed by atoms with E-state index in [-0.39, 0.29) is 6.29 Å². The average molecular weight is 417 g/mol. The summed E-state index contributed by atoms with van der Waals surface area (Å²) < 4.78 is 12.1. The van der Waals surface area contributed by atoms with Gasteiger partial charge < -0.3 is 14.5 Å². The van der Waals surface area contributed by atoms with Gasteiger partial charge in [0.2, 0.25) is 0 Å². The summed E-state index contributed by atoms with van der Waals surface area (Å²) in [6.45, 7) is 5.24. The summed E-state index contributed by atoms with van der Waals surface area (Å²) >= 11 is 0. The van der Waals surface area contributed by atoms with E-state index in [1.54, 1.807) is 0 Å². The third-order valence-electron chi connectivity index (χ3n) is 5.15. The minimum Gasteiger partial charge on any atom is -0.358 e. The first-order valence-corrected chi connectivity index (χ1v) is 12.0. The third kappa shape index (κ3) is 4.49. The van der Waals surface area contributed by atoms with Gasteiger partial charge in [0.1, 0.15) is 0 Å². The Morgan fingerprint density at radius 3 is 1.83 bits per heavy atom. The molecule has 0 aliphatic rings. The zero-order valence-electron chi connectivity index (χ0n) is 17.5. The van der Waals surface area contributed by atoms with E-state index in [0.29, 0.717) is 13.2 Å². The molecule has 0 atom stereocenters. The number of hydrogen-bond acceptors (Lipinski definition) is 2. The minimum atomic E-state index is -0.566. The maximum absolute atomic E-state index is 6.03. The van der Waals surface area contributed by atoms with Crippen molar-refractivity contribution >= 4 is 29.4 Å². The predicted molar refractivity (Wildman–Crippen MR) is 127 cm³/mol. The van der Waals surface area contributed by atoms with Crippen molar-refractivity contribution in [1.82, 2.24) is 4.98 Å². The van der Waals surface area contributed by atoms with Crippen molar-refractivity contribution in [1.29, 1.82) is 0 Å². The van der Waals surface area contributed by atoms with Crippen molar-refractivity contribution in [3.05, 3.63) is 96.2 Å². The van der Waals surface area contributed by atoms with E-state index in [1.807, 2.05) is 13.8 Å². The van der Waals surface area contributed by atoms with Crippen LogP contribution in [0.2, 0.25) is 0 Å². The highest BCUT2D eigenvalue weighted by molar-refractivity contribution is 7.72. The molecule has 3 nitrogen and oxygen atoms in total. The smallest absolute Gasteiger partial charge is 0.186 e. The topological polar surface area (TPSA) is 34.2 Å². The number of para-hydroxylation sites is 1. The lowest BCUT2D eigenvalue weighted by molar-refractivity contribution is -0.139. The molecule has 0 saturated heterocycles. The van der Waals surface area contributed by atoms with Crippen LogP contribution in [-0.4, -0.2) is 18.2 Å². The SMILES string of the molecule is CCOC(OCC)c1c(CP(c2ccccc2)c2ccccc2)[nH]c2ccccc12. The van der Waals surface area contributed by atoms with Gasteiger partial charge in [-0.25, -0.2) is 0 Å². The second kappa shape index (κ2) is 10.0. The first-order chi connectivity index (χ1) is 14.8. The van der Waals surface area contributed by atoms with E-state index in [2.05, 4.69) is 89.9 Å². The van der Waals surface area contributed by atoms with Gasteiger partial charge in [-0.15, -0.1) is 0 Å². The van der Waals surface area contributed by atoms with E-state index in [0.717, 1.165) is 17.2 Å². The second-order valence-electron chi connectivity index (χ2n) is 7.06. The number of H-pyrrole nitrogens is 1. The average Bonchev–Trinajstić information content (AvgIpc) is 3.16. The zero-order valence-corrected chi connectivity index (χ0v) is 18.4. The van der Waals surface area contributed by atoms with Gasteiger partial charge in [-0.05, 0) is 38.4 Å². The summed E-state index contributed by atoms with van der Waals surface area (Å²) in [5.74, 6) is 0. The van der Waals surface area contributed by atoms with E-state index < -0.39 is 7.92 Å². The highest BCUT2D eigenvalue weighted by Crippen LogP contribution is 2.42. The Bertz CT molecular complexity index is 1020. The van der Waals surface area contributed by atoms with Gasteiger partial charge in [0.15, 0.2) is 6.29 Å². The van der Waals surface area contributed by atoms with Crippen molar-refractivity contribution < 1.29 is 9.47 Å². The van der Waals surface area contributed by atoms with Gasteiger partial charge >= 0.3 is 0 Å². The van der Waals surface area contributed by atoms with Crippen molar-refractivity contribution in [3.8, 4) is 0 Å². The molecule has 1 heterocycles. The van der Waals surface area contributed by atoms with Crippen LogP contribution in [0.1, 0.15) is 31.4 Å². The van der Waals surface area contributed by atoms with E-state index >= 15 is 0 Å². The van der Waals surface area contributed by atoms with Gasteiger partial charge in [-0.3, -0.25) is 0 Å². The van der Waals surface area contributed by atoms with Crippen LogP contribution in [0.4, 0.5) is 0 Å². The molecule has 1 aromatic heterocycles. The summed E-state index contributed by atoms with van der Waals surface area (Å²) in [6.07, 6.45) is 0.541. The number of aromatic nitrogens is 1. The normalized spacial score (nSPS) is 11.6. The monoisotopic (exact) mass is 417 g/mol. The summed E-state index contributed by atoms with van der Waals surface area (Å²) in [6, 6.07) is 30.1. The number of ether oxygens (including phenoxy) is 2. The number of fused-ring (bicyclic) bond motifs is 1. The fourth-order valence-electron chi connectivity index (χ4n) is 3.84. The number of nitrogens with one attached hydrogen (secondary N) is 1. The number of benzene rings is 3. The predicted octanol–water partition coefficient (Wildman–Crippen LogP) is 5.87. The van der Waals surface area contributed by atoms with Crippen LogP contribution in [0.15, 0.2) is 84.9 Å². The van der Waals surface area contributed by atoms with Crippen molar-refractivity contribution in [2.45, 2.75) is 26.3 Å². The molecule has 4 heteroatoms. The van der Waals surface area contributed by atoms with Crippen molar-refractivity contribution in [2.24, 2.45) is 0 Å². The molecule has 0 bridgehead atoms. The lowest BCUT2D eigenvalue weighted by Crippen LogP contribution is -2.15.